The van der Waals surface area contributed by atoms with Gasteiger partial charge in [-0.15, -0.1) is 11.3 Å². The minimum absolute atomic E-state index is 0.0121. The molecule has 0 atom stereocenters. The van der Waals surface area contributed by atoms with E-state index in [0.29, 0.717) is 18.9 Å². The maximum Gasteiger partial charge on any atom is 0.236 e. The molecule has 25 heavy (non-hydrogen) atoms. The number of rotatable bonds is 8. The van der Waals surface area contributed by atoms with Crippen LogP contribution in [0.1, 0.15) is 36.6 Å². The second kappa shape index (κ2) is 8.62. The number of benzene rings is 1. The van der Waals surface area contributed by atoms with Gasteiger partial charge in [-0.3, -0.25) is 4.79 Å². The minimum Gasteiger partial charge on any atom is -0.443 e. The summed E-state index contributed by atoms with van der Waals surface area (Å²) in [5.74, 6) is 0.587. The quantitative estimate of drug-likeness (QED) is 0.643. The highest BCUT2D eigenvalue weighted by Crippen LogP contribution is 2.23. The van der Waals surface area contributed by atoms with E-state index in [0.717, 1.165) is 22.6 Å². The average molecular weight is 354 g/mol. The number of aryl methyl sites for hydroxylation is 1. The fraction of sp³-hybridized carbons (Fsp3) is 0.300. The Kier molecular flexibility index (Phi) is 6.01. The first-order valence-corrected chi connectivity index (χ1v) is 9.45. The van der Waals surface area contributed by atoms with Crippen LogP contribution < -0.4 is 5.32 Å². The molecule has 0 saturated heterocycles. The first-order chi connectivity index (χ1) is 12.2. The molecule has 0 fully saturated rings. The Morgan fingerprint density at radius 2 is 2.00 bits per heavy atom. The number of aromatic nitrogens is 1. The van der Waals surface area contributed by atoms with E-state index in [4.69, 9.17) is 4.42 Å². The van der Waals surface area contributed by atoms with Crippen molar-refractivity contribution < 1.29 is 9.21 Å². The monoisotopic (exact) mass is 354 g/mol. The molecular formula is C20H22N2O2S. The summed E-state index contributed by atoms with van der Waals surface area (Å²) in [7, 11) is 0. The lowest BCUT2D eigenvalue weighted by molar-refractivity contribution is -0.120. The molecule has 0 unspecified atom stereocenters. The summed E-state index contributed by atoms with van der Waals surface area (Å²) >= 11 is 1.58. The number of amides is 1. The van der Waals surface area contributed by atoms with E-state index in [-0.39, 0.29) is 5.91 Å². The van der Waals surface area contributed by atoms with Gasteiger partial charge in [0.05, 0.1) is 23.5 Å². The summed E-state index contributed by atoms with van der Waals surface area (Å²) in [5, 5.41) is 4.88. The van der Waals surface area contributed by atoms with Crippen molar-refractivity contribution in [1.82, 2.24) is 10.3 Å². The topological polar surface area (TPSA) is 55.1 Å². The molecular weight excluding hydrogens is 332 g/mol. The van der Waals surface area contributed by atoms with Crippen LogP contribution in [-0.4, -0.2) is 10.9 Å². The summed E-state index contributed by atoms with van der Waals surface area (Å²) in [4.78, 5) is 17.5. The van der Waals surface area contributed by atoms with E-state index in [1.165, 1.54) is 18.4 Å². The number of carbonyl (C=O) groups is 1. The highest BCUT2D eigenvalue weighted by Gasteiger charge is 2.09. The standard InChI is InChI=1S/C20H22N2O2S/c1-2-3-5-15-7-9-16(10-8-15)12-19(23)21-13-17-14-24-20(22-17)18-6-4-11-25-18/h4,6-11,14H,2-3,5,12-13H2,1H3,(H,21,23). The molecule has 0 saturated carbocycles. The molecule has 0 bridgehead atoms. The van der Waals surface area contributed by atoms with Gasteiger partial charge < -0.3 is 9.73 Å². The lowest BCUT2D eigenvalue weighted by atomic mass is 10.0. The van der Waals surface area contributed by atoms with Crippen LogP contribution in [-0.2, 0) is 24.2 Å². The molecule has 0 spiro atoms. The Labute approximate surface area is 151 Å². The van der Waals surface area contributed by atoms with Gasteiger partial charge in [-0.2, -0.15) is 0 Å². The fourth-order valence-corrected chi connectivity index (χ4v) is 3.20. The largest absolute Gasteiger partial charge is 0.443 e. The first-order valence-electron chi connectivity index (χ1n) is 8.57. The predicted octanol–water partition coefficient (Wildman–Crippen LogP) is 4.60. The Bertz CT molecular complexity index is 791. The van der Waals surface area contributed by atoms with Crippen LogP contribution in [0, 0.1) is 0 Å². The van der Waals surface area contributed by atoms with Crippen LogP contribution in [0.5, 0.6) is 0 Å². The molecule has 3 aromatic rings. The number of hydrogen-bond acceptors (Lipinski definition) is 4. The molecule has 2 heterocycles. The van der Waals surface area contributed by atoms with Crippen molar-refractivity contribution in [3.63, 3.8) is 0 Å². The summed E-state index contributed by atoms with van der Waals surface area (Å²) in [6, 6.07) is 12.2. The highest BCUT2D eigenvalue weighted by atomic mass is 32.1. The number of nitrogens with one attached hydrogen (secondary N) is 1. The van der Waals surface area contributed by atoms with Gasteiger partial charge in [-0.1, -0.05) is 43.7 Å². The second-order valence-electron chi connectivity index (χ2n) is 5.99. The van der Waals surface area contributed by atoms with Crippen LogP contribution in [0.2, 0.25) is 0 Å². The Balaban J connectivity index is 1.48. The molecule has 0 aliphatic heterocycles. The molecule has 1 N–H and O–H groups in total. The predicted molar refractivity (Wildman–Crippen MR) is 100 cm³/mol. The zero-order valence-corrected chi connectivity index (χ0v) is 15.1. The molecule has 1 amide bonds. The van der Waals surface area contributed by atoms with Crippen LogP contribution in [0.25, 0.3) is 10.8 Å². The molecule has 130 valence electrons. The first kappa shape index (κ1) is 17.4. The normalized spacial score (nSPS) is 10.8. The molecule has 1 aromatic carbocycles. The van der Waals surface area contributed by atoms with Crippen molar-refractivity contribution in [1.29, 1.82) is 0 Å². The average Bonchev–Trinajstić information content (AvgIpc) is 3.30. The van der Waals surface area contributed by atoms with Gasteiger partial charge in [-0.25, -0.2) is 4.98 Å². The van der Waals surface area contributed by atoms with Gasteiger partial charge in [0.1, 0.15) is 6.26 Å². The summed E-state index contributed by atoms with van der Waals surface area (Å²) in [5.41, 5.74) is 3.08. The number of nitrogens with zero attached hydrogens (tertiary/aromatic N) is 1. The van der Waals surface area contributed by atoms with Crippen molar-refractivity contribution in [2.45, 2.75) is 39.2 Å². The molecule has 0 aliphatic rings. The van der Waals surface area contributed by atoms with Crippen LogP contribution in [0.3, 0.4) is 0 Å². The van der Waals surface area contributed by atoms with E-state index in [2.05, 4.69) is 29.4 Å². The van der Waals surface area contributed by atoms with Gasteiger partial charge >= 0.3 is 0 Å². The van der Waals surface area contributed by atoms with E-state index in [1.807, 2.05) is 29.6 Å². The summed E-state index contributed by atoms with van der Waals surface area (Å²) in [6.45, 7) is 2.57. The lowest BCUT2D eigenvalue weighted by Gasteiger charge is -2.05. The third-order valence-electron chi connectivity index (χ3n) is 3.96. The molecule has 0 radical (unpaired) electrons. The van der Waals surface area contributed by atoms with E-state index in [9.17, 15) is 4.79 Å². The van der Waals surface area contributed by atoms with Crippen molar-refractivity contribution in [3.8, 4) is 10.8 Å². The number of hydrogen-bond donors (Lipinski definition) is 1. The maximum atomic E-state index is 12.1. The van der Waals surface area contributed by atoms with Crippen LogP contribution in [0.4, 0.5) is 0 Å². The summed E-state index contributed by atoms with van der Waals surface area (Å²) < 4.78 is 5.45. The van der Waals surface area contributed by atoms with Gasteiger partial charge in [0, 0.05) is 0 Å². The molecule has 3 rings (SSSR count). The lowest BCUT2D eigenvalue weighted by Crippen LogP contribution is -2.24. The van der Waals surface area contributed by atoms with Gasteiger partial charge in [0.2, 0.25) is 11.8 Å². The Hall–Kier alpha value is -2.40. The fourth-order valence-electron chi connectivity index (χ4n) is 2.54. The van der Waals surface area contributed by atoms with Gasteiger partial charge in [-0.05, 0) is 35.4 Å². The second-order valence-corrected chi connectivity index (χ2v) is 6.94. The Morgan fingerprint density at radius 1 is 1.20 bits per heavy atom. The zero-order valence-electron chi connectivity index (χ0n) is 14.3. The summed E-state index contributed by atoms with van der Waals surface area (Å²) in [6.07, 6.45) is 5.47. The van der Waals surface area contributed by atoms with E-state index >= 15 is 0 Å². The van der Waals surface area contributed by atoms with Crippen molar-refractivity contribution in [2.24, 2.45) is 0 Å². The van der Waals surface area contributed by atoms with Gasteiger partial charge in [0.25, 0.3) is 0 Å². The van der Waals surface area contributed by atoms with Crippen LogP contribution >= 0.6 is 11.3 Å². The van der Waals surface area contributed by atoms with Crippen molar-refractivity contribution >= 4 is 17.2 Å². The van der Waals surface area contributed by atoms with Crippen LogP contribution in [0.15, 0.2) is 52.5 Å². The molecule has 0 aliphatic carbocycles. The third-order valence-corrected chi connectivity index (χ3v) is 4.81. The number of carbonyl (C=O) groups excluding carboxylic acids is 1. The maximum absolute atomic E-state index is 12.1. The highest BCUT2D eigenvalue weighted by molar-refractivity contribution is 7.13. The molecule has 4 nitrogen and oxygen atoms in total. The van der Waals surface area contributed by atoms with E-state index < -0.39 is 0 Å². The Morgan fingerprint density at radius 3 is 2.72 bits per heavy atom. The number of thiophene rings is 1. The van der Waals surface area contributed by atoms with E-state index in [1.54, 1.807) is 17.6 Å². The SMILES string of the molecule is CCCCc1ccc(CC(=O)NCc2coc(-c3cccs3)n2)cc1. The molecule has 2 aromatic heterocycles. The minimum atomic E-state index is -0.0121. The van der Waals surface area contributed by atoms with Crippen molar-refractivity contribution in [2.75, 3.05) is 0 Å². The molecule has 5 heteroatoms. The number of oxazole rings is 1. The smallest absolute Gasteiger partial charge is 0.236 e. The number of unbranched alkanes of at least 4 members (excludes halogenated alkanes) is 1. The third kappa shape index (κ3) is 5.03. The van der Waals surface area contributed by atoms with Gasteiger partial charge in [0.15, 0.2) is 0 Å². The van der Waals surface area contributed by atoms with Crippen molar-refractivity contribution in [3.05, 3.63) is 64.9 Å². The zero-order chi connectivity index (χ0) is 17.5.